The molecule has 2 aromatic rings. The summed E-state index contributed by atoms with van der Waals surface area (Å²) in [5.41, 5.74) is 1.65. The van der Waals surface area contributed by atoms with E-state index in [0.29, 0.717) is 43.9 Å². The van der Waals surface area contributed by atoms with Gasteiger partial charge in [0.2, 0.25) is 0 Å². The number of β-amino-alcohol motifs (C(OH)–C–C–N with tert-alkyl or cyclic N) is 1. The van der Waals surface area contributed by atoms with Crippen LogP contribution >= 0.6 is 0 Å². The molecule has 1 heterocycles. The van der Waals surface area contributed by atoms with Gasteiger partial charge in [0.1, 0.15) is 0 Å². The van der Waals surface area contributed by atoms with E-state index in [1.165, 1.54) is 12.1 Å². The number of carbonyl (C=O) groups is 1. The zero-order chi connectivity index (χ0) is 26.6. The fourth-order valence-electron chi connectivity index (χ4n) is 4.94. The summed E-state index contributed by atoms with van der Waals surface area (Å²) in [7, 11) is 0. The van der Waals surface area contributed by atoms with Crippen molar-refractivity contribution in [2.24, 2.45) is 17.8 Å². The van der Waals surface area contributed by atoms with E-state index in [9.17, 15) is 23.1 Å². The minimum Gasteiger partial charge on any atom is -0.392 e. The van der Waals surface area contributed by atoms with Crippen molar-refractivity contribution in [1.82, 2.24) is 9.80 Å². The van der Waals surface area contributed by atoms with E-state index in [1.54, 1.807) is 6.07 Å². The number of rotatable bonds is 9. The number of hydrogen-bond donors (Lipinski definition) is 1. The molecule has 0 bridgehead atoms. The molecular formula is C29H39F3N2O2. The molecule has 1 fully saturated rings. The number of halogens is 3. The Bertz CT molecular complexity index is 1000. The molecule has 1 aliphatic rings. The van der Waals surface area contributed by atoms with Gasteiger partial charge in [-0.05, 0) is 48.4 Å². The second-order valence-electron chi connectivity index (χ2n) is 11.0. The van der Waals surface area contributed by atoms with Crippen LogP contribution < -0.4 is 0 Å². The van der Waals surface area contributed by atoms with E-state index in [4.69, 9.17) is 0 Å². The molecule has 0 radical (unpaired) electrons. The molecule has 2 aromatic carbocycles. The van der Waals surface area contributed by atoms with Crippen LogP contribution in [-0.4, -0.2) is 59.6 Å². The third-order valence-corrected chi connectivity index (χ3v) is 7.00. The van der Waals surface area contributed by atoms with Gasteiger partial charge in [-0.1, -0.05) is 63.6 Å². The van der Waals surface area contributed by atoms with Gasteiger partial charge in [0, 0.05) is 44.2 Å². The van der Waals surface area contributed by atoms with Gasteiger partial charge in [-0.3, -0.25) is 9.69 Å². The summed E-state index contributed by atoms with van der Waals surface area (Å²) in [6, 6.07) is 13.0. The van der Waals surface area contributed by atoms with Crippen molar-refractivity contribution in [3.63, 3.8) is 0 Å². The highest BCUT2D eigenvalue weighted by Crippen LogP contribution is 2.37. The van der Waals surface area contributed by atoms with Crippen molar-refractivity contribution in [2.75, 3.05) is 32.7 Å². The average molecular weight is 505 g/mol. The predicted molar refractivity (Wildman–Crippen MR) is 137 cm³/mol. The van der Waals surface area contributed by atoms with E-state index in [0.717, 1.165) is 11.6 Å². The number of amides is 1. The van der Waals surface area contributed by atoms with Crippen molar-refractivity contribution < 1.29 is 23.1 Å². The Morgan fingerprint density at radius 1 is 1.08 bits per heavy atom. The van der Waals surface area contributed by atoms with Crippen LogP contribution in [0.4, 0.5) is 13.2 Å². The van der Waals surface area contributed by atoms with Crippen molar-refractivity contribution in [3.8, 4) is 0 Å². The second-order valence-corrected chi connectivity index (χ2v) is 11.0. The van der Waals surface area contributed by atoms with Crippen LogP contribution in [0.25, 0.3) is 0 Å². The molecule has 36 heavy (non-hydrogen) atoms. The van der Waals surface area contributed by atoms with Gasteiger partial charge in [0.15, 0.2) is 0 Å². The van der Waals surface area contributed by atoms with Crippen molar-refractivity contribution in [1.29, 1.82) is 0 Å². The van der Waals surface area contributed by atoms with Crippen LogP contribution in [0.3, 0.4) is 0 Å². The monoisotopic (exact) mass is 504 g/mol. The van der Waals surface area contributed by atoms with E-state index in [2.05, 4.69) is 18.7 Å². The van der Waals surface area contributed by atoms with Gasteiger partial charge in [0.05, 0.1) is 11.7 Å². The summed E-state index contributed by atoms with van der Waals surface area (Å²) in [6.07, 6.45) is -4.94. The summed E-state index contributed by atoms with van der Waals surface area (Å²) >= 11 is 0. The minimum absolute atomic E-state index is 0.0546. The summed E-state index contributed by atoms with van der Waals surface area (Å²) in [5.74, 6) is 0.0311. The van der Waals surface area contributed by atoms with Crippen molar-refractivity contribution >= 4 is 5.91 Å². The Hall–Kier alpha value is -2.38. The third kappa shape index (κ3) is 7.32. The fourth-order valence-corrected chi connectivity index (χ4v) is 4.94. The molecule has 1 amide bonds. The fraction of sp³-hybridized carbons (Fsp3) is 0.552. The Balaban J connectivity index is 1.91. The Labute approximate surface area is 213 Å². The minimum atomic E-state index is -4.41. The van der Waals surface area contributed by atoms with Crippen LogP contribution in [0.1, 0.15) is 60.7 Å². The highest BCUT2D eigenvalue weighted by Gasteiger charge is 2.38. The maximum atomic E-state index is 13.5. The lowest BCUT2D eigenvalue weighted by Crippen LogP contribution is -2.40. The number of aliphatic hydroxyl groups is 1. The van der Waals surface area contributed by atoms with Crippen LogP contribution in [0.15, 0.2) is 48.5 Å². The maximum absolute atomic E-state index is 13.5. The molecule has 0 aromatic heterocycles. The Kier molecular flexibility index (Phi) is 9.23. The first-order valence-electron chi connectivity index (χ1n) is 12.8. The highest BCUT2D eigenvalue weighted by atomic mass is 19.4. The summed E-state index contributed by atoms with van der Waals surface area (Å²) in [4.78, 5) is 17.5. The smallest absolute Gasteiger partial charge is 0.392 e. The Morgan fingerprint density at radius 2 is 1.75 bits per heavy atom. The maximum Gasteiger partial charge on any atom is 0.416 e. The molecule has 3 unspecified atom stereocenters. The lowest BCUT2D eigenvalue weighted by Gasteiger charge is -2.30. The number of aryl methyl sites for hydroxylation is 1. The quantitative estimate of drug-likeness (QED) is 0.466. The van der Waals surface area contributed by atoms with Crippen LogP contribution in [0.5, 0.6) is 0 Å². The molecule has 4 nitrogen and oxygen atoms in total. The number of aliphatic hydroxyl groups excluding tert-OH is 1. The first-order valence-corrected chi connectivity index (χ1v) is 12.8. The van der Waals surface area contributed by atoms with Crippen molar-refractivity contribution in [2.45, 2.75) is 52.8 Å². The second kappa shape index (κ2) is 11.8. The third-order valence-electron chi connectivity index (χ3n) is 7.00. The standard InChI is InChI=1S/C29H39F3N2O2/c1-19(2)14-34(28(36)22-11-9-21(5)10-12-22)16-24-15-33(18-27(35)20(3)4)17-26(24)23-7-6-8-25(13-23)29(30,31)32/h6-13,19-20,24,26-27,35H,14-18H2,1-5H3. The normalized spacial score (nSPS) is 19.8. The topological polar surface area (TPSA) is 43.8 Å². The first kappa shape index (κ1) is 28.2. The zero-order valence-electron chi connectivity index (χ0n) is 21.9. The molecule has 198 valence electrons. The van der Waals surface area contributed by atoms with Gasteiger partial charge in [-0.15, -0.1) is 0 Å². The number of likely N-dealkylation sites (tertiary alicyclic amines) is 1. The Morgan fingerprint density at radius 3 is 2.33 bits per heavy atom. The zero-order valence-corrected chi connectivity index (χ0v) is 21.9. The van der Waals surface area contributed by atoms with Gasteiger partial charge in [-0.2, -0.15) is 13.2 Å². The van der Waals surface area contributed by atoms with Crippen LogP contribution in [0, 0.1) is 24.7 Å². The summed E-state index contributed by atoms with van der Waals surface area (Å²) in [5, 5.41) is 10.5. The van der Waals surface area contributed by atoms with E-state index < -0.39 is 17.8 Å². The molecule has 3 atom stereocenters. The number of carbonyl (C=O) groups excluding carboxylic acids is 1. The predicted octanol–water partition coefficient (Wildman–Crippen LogP) is 5.84. The molecule has 1 N–H and O–H groups in total. The summed E-state index contributed by atoms with van der Waals surface area (Å²) in [6.45, 7) is 12.6. The number of hydrogen-bond acceptors (Lipinski definition) is 3. The van der Waals surface area contributed by atoms with Crippen molar-refractivity contribution in [3.05, 3.63) is 70.8 Å². The SMILES string of the molecule is Cc1ccc(C(=O)N(CC(C)C)CC2CN(CC(O)C(C)C)CC2c2cccc(C(F)(F)F)c2)cc1. The first-order chi connectivity index (χ1) is 16.8. The van der Waals surface area contributed by atoms with Crippen LogP contribution in [-0.2, 0) is 6.18 Å². The van der Waals surface area contributed by atoms with Gasteiger partial charge in [-0.25, -0.2) is 0 Å². The molecule has 1 saturated heterocycles. The van der Waals surface area contributed by atoms with Gasteiger partial charge >= 0.3 is 6.18 Å². The molecule has 3 rings (SSSR count). The summed E-state index contributed by atoms with van der Waals surface area (Å²) < 4.78 is 40.4. The molecular weight excluding hydrogens is 465 g/mol. The lowest BCUT2D eigenvalue weighted by molar-refractivity contribution is -0.137. The van der Waals surface area contributed by atoms with E-state index in [1.807, 2.05) is 49.9 Å². The van der Waals surface area contributed by atoms with E-state index >= 15 is 0 Å². The molecule has 0 aliphatic carbocycles. The molecule has 7 heteroatoms. The number of alkyl halides is 3. The number of nitrogens with zero attached hydrogens (tertiary/aromatic N) is 2. The highest BCUT2D eigenvalue weighted by molar-refractivity contribution is 5.94. The lowest BCUT2D eigenvalue weighted by atomic mass is 9.87. The molecule has 0 saturated carbocycles. The number of benzene rings is 2. The molecule has 0 spiro atoms. The average Bonchev–Trinajstić information content (AvgIpc) is 3.20. The molecule has 1 aliphatic heterocycles. The van der Waals surface area contributed by atoms with Gasteiger partial charge in [0.25, 0.3) is 5.91 Å². The van der Waals surface area contributed by atoms with E-state index in [-0.39, 0.29) is 29.6 Å². The largest absolute Gasteiger partial charge is 0.416 e. The van der Waals surface area contributed by atoms with Crippen LogP contribution in [0.2, 0.25) is 0 Å². The van der Waals surface area contributed by atoms with Gasteiger partial charge < -0.3 is 10.0 Å².